The number of hydrogen-bond donors (Lipinski definition) is 2. The molecular weight excluding hydrogens is 171 g/mol. The molecule has 0 heterocycles. The molecule has 0 fully saturated rings. The van der Waals surface area contributed by atoms with Crippen molar-refractivity contribution in [1.82, 2.24) is 0 Å². The molecule has 0 unspecified atom stereocenters. The van der Waals surface area contributed by atoms with E-state index in [1.54, 1.807) is 6.07 Å². The van der Waals surface area contributed by atoms with Gasteiger partial charge in [0.05, 0.1) is 6.61 Å². The summed E-state index contributed by atoms with van der Waals surface area (Å²) >= 11 is 0. The third-order valence-corrected chi connectivity index (χ3v) is 1.56. The lowest BCUT2D eigenvalue weighted by Crippen LogP contribution is -2.06. The van der Waals surface area contributed by atoms with Gasteiger partial charge in [-0.15, -0.1) is 0 Å². The van der Waals surface area contributed by atoms with Crippen molar-refractivity contribution in [3.8, 4) is 5.75 Å². The minimum Gasteiger partial charge on any atom is -0.490 e. The first-order chi connectivity index (χ1) is 6.24. The smallest absolute Gasteiger partial charge is 0.167 e. The van der Waals surface area contributed by atoms with E-state index in [0.29, 0.717) is 25.3 Å². The summed E-state index contributed by atoms with van der Waals surface area (Å²) in [5, 5.41) is 0. The van der Waals surface area contributed by atoms with Gasteiger partial charge >= 0.3 is 0 Å². The summed E-state index contributed by atoms with van der Waals surface area (Å²) in [5.41, 5.74) is 11.0. The third kappa shape index (κ3) is 2.91. The maximum atomic E-state index is 13.0. The molecule has 3 nitrogen and oxygen atoms in total. The Morgan fingerprint density at radius 3 is 2.77 bits per heavy atom. The maximum absolute atomic E-state index is 13.0. The molecule has 0 saturated carbocycles. The van der Waals surface area contributed by atoms with Crippen LogP contribution < -0.4 is 16.2 Å². The van der Waals surface area contributed by atoms with E-state index in [9.17, 15) is 4.39 Å². The number of nitrogens with two attached hydrogens (primary N) is 2. The highest BCUT2D eigenvalue weighted by molar-refractivity contribution is 5.42. The molecule has 0 spiro atoms. The number of halogens is 1. The summed E-state index contributed by atoms with van der Waals surface area (Å²) in [5.74, 6) is -0.209. The van der Waals surface area contributed by atoms with Crippen molar-refractivity contribution in [2.24, 2.45) is 5.73 Å². The molecule has 13 heavy (non-hydrogen) atoms. The van der Waals surface area contributed by atoms with E-state index in [1.165, 1.54) is 12.1 Å². The molecule has 0 aromatic heterocycles. The molecule has 0 amide bonds. The Morgan fingerprint density at radius 1 is 1.38 bits per heavy atom. The summed E-state index contributed by atoms with van der Waals surface area (Å²) in [6, 6.07) is 4.35. The van der Waals surface area contributed by atoms with E-state index in [4.69, 9.17) is 16.2 Å². The standard InChI is InChI=1S/C9H13FN2O/c10-8-6-7(12)2-3-9(8)13-5-1-4-11/h2-3,6H,1,4-5,11-12H2. The molecule has 1 aromatic rings. The highest BCUT2D eigenvalue weighted by atomic mass is 19.1. The van der Waals surface area contributed by atoms with E-state index in [0.717, 1.165) is 0 Å². The van der Waals surface area contributed by atoms with E-state index in [-0.39, 0.29) is 5.75 Å². The Kier molecular flexibility index (Phi) is 3.52. The van der Waals surface area contributed by atoms with E-state index < -0.39 is 5.82 Å². The monoisotopic (exact) mass is 184 g/mol. The van der Waals surface area contributed by atoms with Gasteiger partial charge in [0.15, 0.2) is 11.6 Å². The topological polar surface area (TPSA) is 61.3 Å². The zero-order valence-corrected chi connectivity index (χ0v) is 7.29. The van der Waals surface area contributed by atoms with Gasteiger partial charge in [-0.1, -0.05) is 0 Å². The second-order valence-electron chi connectivity index (χ2n) is 2.68. The Morgan fingerprint density at radius 2 is 2.15 bits per heavy atom. The number of rotatable bonds is 4. The molecule has 0 aliphatic rings. The first kappa shape index (κ1) is 9.80. The van der Waals surface area contributed by atoms with E-state index >= 15 is 0 Å². The minimum atomic E-state index is -0.433. The zero-order valence-electron chi connectivity index (χ0n) is 7.29. The molecular formula is C9H13FN2O. The van der Waals surface area contributed by atoms with Crippen LogP contribution in [0, 0.1) is 5.82 Å². The van der Waals surface area contributed by atoms with Gasteiger partial charge in [0.1, 0.15) is 0 Å². The summed E-state index contributed by atoms with van der Waals surface area (Å²) in [4.78, 5) is 0. The molecule has 0 radical (unpaired) electrons. The van der Waals surface area contributed by atoms with Gasteiger partial charge in [-0.2, -0.15) is 0 Å². The van der Waals surface area contributed by atoms with Gasteiger partial charge in [-0.25, -0.2) is 4.39 Å². The number of ether oxygens (including phenoxy) is 1. The highest BCUT2D eigenvalue weighted by Crippen LogP contribution is 2.19. The minimum absolute atomic E-state index is 0.225. The Hall–Kier alpha value is -1.29. The SMILES string of the molecule is NCCCOc1ccc(N)cc1F. The normalized spacial score (nSPS) is 10.0. The van der Waals surface area contributed by atoms with Crippen LogP contribution in [0.25, 0.3) is 0 Å². The number of anilines is 1. The van der Waals surface area contributed by atoms with Crippen LogP contribution in [0.3, 0.4) is 0 Å². The van der Waals surface area contributed by atoms with E-state index in [2.05, 4.69) is 0 Å². The molecule has 0 bridgehead atoms. The quantitative estimate of drug-likeness (QED) is 0.544. The van der Waals surface area contributed by atoms with Crippen LogP contribution in [0.15, 0.2) is 18.2 Å². The molecule has 4 N–H and O–H groups in total. The third-order valence-electron chi connectivity index (χ3n) is 1.56. The summed E-state index contributed by atoms with van der Waals surface area (Å²) in [6.07, 6.45) is 0.712. The highest BCUT2D eigenvalue weighted by Gasteiger charge is 2.02. The van der Waals surface area contributed by atoms with Crippen molar-refractivity contribution in [2.75, 3.05) is 18.9 Å². The molecule has 0 atom stereocenters. The van der Waals surface area contributed by atoms with Gasteiger partial charge in [0, 0.05) is 11.8 Å². The van der Waals surface area contributed by atoms with Crippen molar-refractivity contribution in [2.45, 2.75) is 6.42 Å². The Balaban J connectivity index is 2.56. The second-order valence-corrected chi connectivity index (χ2v) is 2.68. The van der Waals surface area contributed by atoms with Crippen LogP contribution in [-0.2, 0) is 0 Å². The second kappa shape index (κ2) is 4.67. The molecule has 1 rings (SSSR count). The molecule has 1 aromatic carbocycles. The fraction of sp³-hybridized carbons (Fsp3) is 0.333. The average Bonchev–Trinajstić information content (AvgIpc) is 2.09. The van der Waals surface area contributed by atoms with Gasteiger partial charge in [0.25, 0.3) is 0 Å². The summed E-state index contributed by atoms with van der Waals surface area (Å²) in [6.45, 7) is 0.966. The molecule has 4 heteroatoms. The zero-order chi connectivity index (χ0) is 9.68. The van der Waals surface area contributed by atoms with Crippen LogP contribution in [0.4, 0.5) is 10.1 Å². The van der Waals surface area contributed by atoms with Crippen LogP contribution in [0.5, 0.6) is 5.75 Å². The van der Waals surface area contributed by atoms with Crippen LogP contribution in [0.2, 0.25) is 0 Å². The van der Waals surface area contributed by atoms with Crippen molar-refractivity contribution in [3.05, 3.63) is 24.0 Å². The van der Waals surface area contributed by atoms with Gasteiger partial charge < -0.3 is 16.2 Å². The first-order valence-electron chi connectivity index (χ1n) is 4.12. The molecule has 0 saturated heterocycles. The fourth-order valence-electron chi connectivity index (χ4n) is 0.900. The van der Waals surface area contributed by atoms with Crippen molar-refractivity contribution < 1.29 is 9.13 Å². The number of nitrogen functional groups attached to an aromatic ring is 1. The lowest BCUT2D eigenvalue weighted by Gasteiger charge is -2.06. The number of hydrogen-bond acceptors (Lipinski definition) is 3. The van der Waals surface area contributed by atoms with Gasteiger partial charge in [-0.05, 0) is 25.1 Å². The average molecular weight is 184 g/mol. The predicted molar refractivity (Wildman–Crippen MR) is 50.0 cm³/mol. The first-order valence-corrected chi connectivity index (χ1v) is 4.12. The lowest BCUT2D eigenvalue weighted by molar-refractivity contribution is 0.298. The molecule has 0 aliphatic heterocycles. The van der Waals surface area contributed by atoms with E-state index in [1.807, 2.05) is 0 Å². The molecule has 0 aliphatic carbocycles. The molecule has 72 valence electrons. The maximum Gasteiger partial charge on any atom is 0.167 e. The van der Waals surface area contributed by atoms with Gasteiger partial charge in [0.2, 0.25) is 0 Å². The Labute approximate surface area is 76.5 Å². The largest absolute Gasteiger partial charge is 0.490 e. The summed E-state index contributed by atoms with van der Waals surface area (Å²) in [7, 11) is 0. The predicted octanol–water partition coefficient (Wildman–Crippen LogP) is 1.14. The van der Waals surface area contributed by atoms with Crippen LogP contribution >= 0.6 is 0 Å². The lowest BCUT2D eigenvalue weighted by atomic mass is 10.3. The van der Waals surface area contributed by atoms with Crippen LogP contribution in [-0.4, -0.2) is 13.2 Å². The fourth-order valence-corrected chi connectivity index (χ4v) is 0.900. The van der Waals surface area contributed by atoms with Gasteiger partial charge in [-0.3, -0.25) is 0 Å². The van der Waals surface area contributed by atoms with Crippen molar-refractivity contribution in [3.63, 3.8) is 0 Å². The van der Waals surface area contributed by atoms with Crippen LogP contribution in [0.1, 0.15) is 6.42 Å². The Bertz CT molecular complexity index is 278. The van der Waals surface area contributed by atoms with Crippen molar-refractivity contribution in [1.29, 1.82) is 0 Å². The van der Waals surface area contributed by atoms with Crippen molar-refractivity contribution >= 4 is 5.69 Å². The number of benzene rings is 1. The summed E-state index contributed by atoms with van der Waals surface area (Å²) < 4.78 is 18.2.